The van der Waals surface area contributed by atoms with Crippen LogP contribution >= 0.6 is 0 Å². The van der Waals surface area contributed by atoms with Crippen LogP contribution in [0.2, 0.25) is 0 Å². The molecule has 86 valence electrons. The molecule has 2 aliphatic carbocycles. The van der Waals surface area contributed by atoms with E-state index in [1.165, 1.54) is 18.4 Å². The summed E-state index contributed by atoms with van der Waals surface area (Å²) in [6.45, 7) is 9.10. The molecule has 3 unspecified atom stereocenters. The van der Waals surface area contributed by atoms with Crippen LogP contribution in [0.1, 0.15) is 53.4 Å². The van der Waals surface area contributed by atoms with Gasteiger partial charge in [-0.25, -0.2) is 0 Å². The quantitative estimate of drug-likeness (QED) is 0.604. The van der Waals surface area contributed by atoms with Crippen molar-refractivity contribution in [3.8, 4) is 0 Å². The zero-order valence-corrected chi connectivity index (χ0v) is 10.5. The highest BCUT2D eigenvalue weighted by molar-refractivity contribution is 5.28. The van der Waals surface area contributed by atoms with Crippen molar-refractivity contribution in [2.24, 2.45) is 16.7 Å². The predicted octanol–water partition coefficient (Wildman–Crippen LogP) is 3.53. The van der Waals surface area contributed by atoms with E-state index in [2.05, 4.69) is 33.8 Å². The summed E-state index contributed by atoms with van der Waals surface area (Å²) in [4.78, 5) is 0. The minimum absolute atomic E-state index is 0.0550. The first kappa shape index (κ1) is 11.2. The fourth-order valence-electron chi connectivity index (χ4n) is 3.82. The molecule has 0 bridgehead atoms. The van der Waals surface area contributed by atoms with Crippen LogP contribution in [0.15, 0.2) is 11.6 Å². The molecule has 0 heterocycles. The number of aliphatic hydroxyl groups excluding tert-OH is 1. The summed E-state index contributed by atoms with van der Waals surface area (Å²) in [7, 11) is 0. The SMILES string of the molecule is CC1CC=C2C(C)(C)CCCC2(C)C1O. The molecule has 0 amide bonds. The van der Waals surface area contributed by atoms with Gasteiger partial charge in [-0.15, -0.1) is 0 Å². The number of rotatable bonds is 0. The van der Waals surface area contributed by atoms with Gasteiger partial charge in [0, 0.05) is 5.41 Å². The molecule has 2 aliphatic rings. The summed E-state index contributed by atoms with van der Waals surface area (Å²) < 4.78 is 0. The van der Waals surface area contributed by atoms with Crippen LogP contribution in [-0.2, 0) is 0 Å². The Morgan fingerprint density at radius 2 is 1.93 bits per heavy atom. The molecule has 1 fully saturated rings. The Morgan fingerprint density at radius 1 is 1.27 bits per heavy atom. The van der Waals surface area contributed by atoms with Gasteiger partial charge >= 0.3 is 0 Å². The molecule has 1 nitrogen and oxygen atoms in total. The lowest BCUT2D eigenvalue weighted by molar-refractivity contribution is -0.0206. The maximum Gasteiger partial charge on any atom is 0.0659 e. The molecule has 1 heteroatoms. The molecule has 1 N–H and O–H groups in total. The van der Waals surface area contributed by atoms with Crippen molar-refractivity contribution >= 4 is 0 Å². The Labute approximate surface area is 93.6 Å². The van der Waals surface area contributed by atoms with Gasteiger partial charge in [0.15, 0.2) is 0 Å². The average molecular weight is 208 g/mol. The zero-order valence-electron chi connectivity index (χ0n) is 10.5. The molecule has 0 aromatic carbocycles. The molecule has 0 aromatic rings. The van der Waals surface area contributed by atoms with Crippen molar-refractivity contribution < 1.29 is 5.11 Å². The van der Waals surface area contributed by atoms with Gasteiger partial charge in [0.2, 0.25) is 0 Å². The molecule has 15 heavy (non-hydrogen) atoms. The van der Waals surface area contributed by atoms with E-state index in [9.17, 15) is 5.11 Å². The number of aliphatic hydroxyl groups is 1. The highest BCUT2D eigenvalue weighted by atomic mass is 16.3. The third kappa shape index (κ3) is 1.56. The first-order chi connectivity index (χ1) is 6.88. The monoisotopic (exact) mass is 208 g/mol. The summed E-state index contributed by atoms with van der Waals surface area (Å²) >= 11 is 0. The predicted molar refractivity (Wildman–Crippen MR) is 63.6 cm³/mol. The second kappa shape index (κ2) is 3.35. The lowest BCUT2D eigenvalue weighted by Crippen LogP contribution is -2.47. The summed E-state index contributed by atoms with van der Waals surface area (Å²) in [5, 5.41) is 10.4. The Morgan fingerprint density at radius 3 is 2.60 bits per heavy atom. The van der Waals surface area contributed by atoms with Gasteiger partial charge in [-0.2, -0.15) is 0 Å². The van der Waals surface area contributed by atoms with E-state index in [-0.39, 0.29) is 11.5 Å². The van der Waals surface area contributed by atoms with Crippen LogP contribution in [0.5, 0.6) is 0 Å². The van der Waals surface area contributed by atoms with Gasteiger partial charge in [0.25, 0.3) is 0 Å². The van der Waals surface area contributed by atoms with Crippen LogP contribution in [0.3, 0.4) is 0 Å². The smallest absolute Gasteiger partial charge is 0.0659 e. The van der Waals surface area contributed by atoms with Crippen molar-refractivity contribution in [3.63, 3.8) is 0 Å². The molecular weight excluding hydrogens is 184 g/mol. The van der Waals surface area contributed by atoms with E-state index >= 15 is 0 Å². The molecule has 0 aliphatic heterocycles. The van der Waals surface area contributed by atoms with Gasteiger partial charge in [-0.1, -0.05) is 45.8 Å². The maximum atomic E-state index is 10.4. The molecule has 1 saturated carbocycles. The number of fused-ring (bicyclic) bond motifs is 1. The Hall–Kier alpha value is -0.300. The summed E-state index contributed by atoms with van der Waals surface area (Å²) in [6, 6.07) is 0. The fourth-order valence-corrected chi connectivity index (χ4v) is 3.82. The second-order valence-corrected chi connectivity index (χ2v) is 6.43. The Balaban J connectivity index is 2.42. The lowest BCUT2D eigenvalue weighted by atomic mass is 9.54. The number of hydrogen-bond donors (Lipinski definition) is 1. The first-order valence-electron chi connectivity index (χ1n) is 6.27. The van der Waals surface area contributed by atoms with E-state index in [1.54, 1.807) is 0 Å². The summed E-state index contributed by atoms with van der Waals surface area (Å²) in [6.07, 6.45) is 7.01. The summed E-state index contributed by atoms with van der Waals surface area (Å²) in [5.41, 5.74) is 1.87. The summed E-state index contributed by atoms with van der Waals surface area (Å²) in [5.74, 6) is 0.424. The Bertz CT molecular complexity index is 290. The minimum atomic E-state index is -0.142. The minimum Gasteiger partial charge on any atom is -0.392 e. The van der Waals surface area contributed by atoms with Crippen molar-refractivity contribution in [2.45, 2.75) is 59.5 Å². The van der Waals surface area contributed by atoms with E-state index < -0.39 is 0 Å². The van der Waals surface area contributed by atoms with Gasteiger partial charge in [-0.3, -0.25) is 0 Å². The van der Waals surface area contributed by atoms with E-state index in [4.69, 9.17) is 0 Å². The highest BCUT2D eigenvalue weighted by Gasteiger charge is 2.48. The Kier molecular flexibility index (Phi) is 2.50. The van der Waals surface area contributed by atoms with E-state index in [1.807, 2.05) is 0 Å². The van der Waals surface area contributed by atoms with Crippen LogP contribution < -0.4 is 0 Å². The molecule has 0 saturated heterocycles. The molecule has 0 aromatic heterocycles. The first-order valence-corrected chi connectivity index (χ1v) is 6.27. The number of hydrogen-bond acceptors (Lipinski definition) is 1. The lowest BCUT2D eigenvalue weighted by Gasteiger charge is -2.52. The maximum absolute atomic E-state index is 10.4. The van der Waals surface area contributed by atoms with Crippen LogP contribution in [-0.4, -0.2) is 11.2 Å². The molecular formula is C14H24O. The van der Waals surface area contributed by atoms with E-state index in [0.29, 0.717) is 11.3 Å². The zero-order chi connectivity index (χ0) is 11.3. The topological polar surface area (TPSA) is 20.2 Å². The van der Waals surface area contributed by atoms with Crippen molar-refractivity contribution in [1.29, 1.82) is 0 Å². The van der Waals surface area contributed by atoms with Gasteiger partial charge in [-0.05, 0) is 30.6 Å². The molecule has 3 atom stereocenters. The molecule has 2 rings (SSSR count). The van der Waals surface area contributed by atoms with Crippen LogP contribution in [0, 0.1) is 16.7 Å². The van der Waals surface area contributed by atoms with Gasteiger partial charge in [0.05, 0.1) is 6.10 Å². The highest BCUT2D eigenvalue weighted by Crippen LogP contribution is 2.55. The van der Waals surface area contributed by atoms with Crippen molar-refractivity contribution in [1.82, 2.24) is 0 Å². The third-order valence-corrected chi connectivity index (χ3v) is 4.73. The van der Waals surface area contributed by atoms with Crippen LogP contribution in [0.4, 0.5) is 0 Å². The molecule has 0 spiro atoms. The normalized spacial score (nSPS) is 44.5. The number of allylic oxidation sites excluding steroid dienone is 1. The fraction of sp³-hybridized carbons (Fsp3) is 0.857. The third-order valence-electron chi connectivity index (χ3n) is 4.73. The van der Waals surface area contributed by atoms with Gasteiger partial charge < -0.3 is 5.11 Å². The van der Waals surface area contributed by atoms with Crippen molar-refractivity contribution in [2.75, 3.05) is 0 Å². The van der Waals surface area contributed by atoms with Crippen LogP contribution in [0.25, 0.3) is 0 Å². The second-order valence-electron chi connectivity index (χ2n) is 6.43. The largest absolute Gasteiger partial charge is 0.392 e. The van der Waals surface area contributed by atoms with Gasteiger partial charge in [0.1, 0.15) is 0 Å². The molecule has 0 radical (unpaired) electrons. The van der Waals surface area contributed by atoms with E-state index in [0.717, 1.165) is 12.8 Å². The standard InChI is InChI=1S/C14H24O/c1-10-6-7-11-13(2,3)8-5-9-14(11,4)12(10)15/h7,10,12,15H,5-6,8-9H2,1-4H3. The van der Waals surface area contributed by atoms with Crippen molar-refractivity contribution in [3.05, 3.63) is 11.6 Å². The average Bonchev–Trinajstić information content (AvgIpc) is 2.12.